The molecule has 3 nitrogen and oxygen atoms in total. The van der Waals surface area contributed by atoms with Gasteiger partial charge in [-0.05, 0) is 30.2 Å². The summed E-state index contributed by atoms with van der Waals surface area (Å²) < 4.78 is 0.502. The van der Waals surface area contributed by atoms with E-state index in [1.165, 1.54) is 0 Å². The first-order valence-electron chi connectivity index (χ1n) is 4.88. The highest BCUT2D eigenvalue weighted by Crippen LogP contribution is 2.24. The first kappa shape index (κ1) is 11.8. The van der Waals surface area contributed by atoms with E-state index in [0.29, 0.717) is 15.4 Å². The van der Waals surface area contributed by atoms with Crippen molar-refractivity contribution in [3.8, 4) is 17.2 Å². The fourth-order valence-electron chi connectivity index (χ4n) is 1.51. The molecule has 0 aliphatic carbocycles. The van der Waals surface area contributed by atoms with Gasteiger partial charge in [-0.1, -0.05) is 36.0 Å². The summed E-state index contributed by atoms with van der Waals surface area (Å²) >= 11 is 11.0. The summed E-state index contributed by atoms with van der Waals surface area (Å²) in [5, 5.41) is 15.8. The molecule has 0 radical (unpaired) electrons. The van der Waals surface area contributed by atoms with E-state index in [9.17, 15) is 0 Å². The van der Waals surface area contributed by atoms with Gasteiger partial charge in [0.2, 0.25) is 0 Å². The summed E-state index contributed by atoms with van der Waals surface area (Å²) in [5.41, 5.74) is 3.20. The van der Waals surface area contributed by atoms with Crippen LogP contribution in [0, 0.1) is 22.9 Å². The van der Waals surface area contributed by atoms with Crippen molar-refractivity contribution in [1.29, 1.82) is 5.26 Å². The number of hydrogen-bond acceptors (Lipinski definition) is 3. The van der Waals surface area contributed by atoms with Crippen LogP contribution in [0.1, 0.15) is 11.1 Å². The molecule has 0 saturated heterocycles. The van der Waals surface area contributed by atoms with Gasteiger partial charge in [0.25, 0.3) is 0 Å². The first-order chi connectivity index (χ1) is 8.11. The summed E-state index contributed by atoms with van der Waals surface area (Å²) in [6, 6.07) is 9.42. The molecule has 2 aromatic rings. The lowest BCUT2D eigenvalue weighted by Crippen LogP contribution is -1.89. The van der Waals surface area contributed by atoms with Crippen LogP contribution in [0.5, 0.6) is 0 Å². The Balaban J connectivity index is 2.66. The number of aryl methyl sites for hydroxylation is 1. The van der Waals surface area contributed by atoms with E-state index in [1.54, 1.807) is 12.1 Å². The molecule has 1 heterocycles. The van der Waals surface area contributed by atoms with Crippen LogP contribution in [-0.2, 0) is 0 Å². The van der Waals surface area contributed by atoms with Gasteiger partial charge < -0.3 is 0 Å². The SMILES string of the molecule is Cc1ccc(-c2cc(Cl)n[nH]c2=S)cc1C#N. The number of halogens is 1. The number of nitrogens with zero attached hydrogens (tertiary/aromatic N) is 2. The van der Waals surface area contributed by atoms with Gasteiger partial charge in [0, 0.05) is 5.56 Å². The molecule has 5 heteroatoms. The highest BCUT2D eigenvalue weighted by molar-refractivity contribution is 7.71. The minimum Gasteiger partial charge on any atom is -0.266 e. The second kappa shape index (κ2) is 4.66. The van der Waals surface area contributed by atoms with Crippen LogP contribution in [0.3, 0.4) is 0 Å². The van der Waals surface area contributed by atoms with E-state index < -0.39 is 0 Å². The minimum absolute atomic E-state index is 0.340. The van der Waals surface area contributed by atoms with Crippen LogP contribution in [0.25, 0.3) is 11.1 Å². The number of rotatable bonds is 1. The second-order valence-corrected chi connectivity index (χ2v) is 4.37. The van der Waals surface area contributed by atoms with Crippen molar-refractivity contribution < 1.29 is 0 Å². The summed E-state index contributed by atoms with van der Waals surface area (Å²) in [6.45, 7) is 1.89. The topological polar surface area (TPSA) is 52.5 Å². The molecule has 84 valence electrons. The van der Waals surface area contributed by atoms with Gasteiger partial charge in [-0.3, -0.25) is 5.10 Å². The second-order valence-electron chi connectivity index (χ2n) is 3.57. The number of aromatic amines is 1. The van der Waals surface area contributed by atoms with E-state index in [2.05, 4.69) is 16.3 Å². The van der Waals surface area contributed by atoms with Gasteiger partial charge in [-0.15, -0.1) is 0 Å². The molecule has 0 fully saturated rings. The normalized spacial score (nSPS) is 9.94. The lowest BCUT2D eigenvalue weighted by molar-refractivity contribution is 1.02. The monoisotopic (exact) mass is 261 g/mol. The fourth-order valence-corrected chi connectivity index (χ4v) is 1.88. The minimum atomic E-state index is 0.340. The van der Waals surface area contributed by atoms with Crippen LogP contribution in [0.4, 0.5) is 0 Å². The molecule has 0 aliphatic heterocycles. The maximum atomic E-state index is 8.99. The largest absolute Gasteiger partial charge is 0.266 e. The van der Waals surface area contributed by atoms with Crippen LogP contribution < -0.4 is 0 Å². The fraction of sp³-hybridized carbons (Fsp3) is 0.0833. The summed E-state index contributed by atoms with van der Waals surface area (Å²) in [7, 11) is 0. The third-order valence-corrected chi connectivity index (χ3v) is 2.95. The van der Waals surface area contributed by atoms with E-state index in [0.717, 1.165) is 16.7 Å². The van der Waals surface area contributed by atoms with Gasteiger partial charge >= 0.3 is 0 Å². The number of nitrogens with one attached hydrogen (secondary N) is 1. The zero-order valence-electron chi connectivity index (χ0n) is 8.99. The number of nitriles is 1. The van der Waals surface area contributed by atoms with Crippen molar-refractivity contribution >= 4 is 23.8 Å². The molecule has 0 aliphatic rings. The molecule has 17 heavy (non-hydrogen) atoms. The average molecular weight is 262 g/mol. The molecule has 1 aromatic heterocycles. The Morgan fingerprint density at radius 1 is 1.41 bits per heavy atom. The molecule has 0 amide bonds. The molecule has 0 spiro atoms. The smallest absolute Gasteiger partial charge is 0.150 e. The van der Waals surface area contributed by atoms with Crippen molar-refractivity contribution in [3.63, 3.8) is 0 Å². The van der Waals surface area contributed by atoms with E-state index >= 15 is 0 Å². The third kappa shape index (κ3) is 2.36. The van der Waals surface area contributed by atoms with Gasteiger partial charge in [0.1, 0.15) is 9.79 Å². The molecule has 0 atom stereocenters. The van der Waals surface area contributed by atoms with Crippen molar-refractivity contribution in [2.75, 3.05) is 0 Å². The van der Waals surface area contributed by atoms with E-state index in [1.807, 2.05) is 19.1 Å². The van der Waals surface area contributed by atoms with Crippen LogP contribution >= 0.6 is 23.8 Å². The first-order valence-corrected chi connectivity index (χ1v) is 5.67. The van der Waals surface area contributed by atoms with Gasteiger partial charge in [-0.2, -0.15) is 10.4 Å². The molecule has 0 unspecified atom stereocenters. The molecule has 1 N–H and O–H groups in total. The third-order valence-electron chi connectivity index (χ3n) is 2.44. The highest BCUT2D eigenvalue weighted by atomic mass is 35.5. The molecule has 0 saturated carbocycles. The highest BCUT2D eigenvalue weighted by Gasteiger charge is 2.05. The van der Waals surface area contributed by atoms with E-state index in [-0.39, 0.29) is 0 Å². The van der Waals surface area contributed by atoms with Gasteiger partial charge in [-0.25, -0.2) is 0 Å². The molecular weight excluding hydrogens is 254 g/mol. The van der Waals surface area contributed by atoms with Crippen molar-refractivity contribution in [1.82, 2.24) is 10.2 Å². The number of benzene rings is 1. The van der Waals surface area contributed by atoms with Crippen molar-refractivity contribution in [2.45, 2.75) is 6.92 Å². The van der Waals surface area contributed by atoms with Crippen LogP contribution in [0.15, 0.2) is 24.3 Å². The Hall–Kier alpha value is -1.70. The van der Waals surface area contributed by atoms with Crippen molar-refractivity contribution in [2.24, 2.45) is 0 Å². The maximum absolute atomic E-state index is 8.99. The molecule has 2 rings (SSSR count). The van der Waals surface area contributed by atoms with Crippen molar-refractivity contribution in [3.05, 3.63) is 45.2 Å². The number of H-pyrrole nitrogens is 1. The lowest BCUT2D eigenvalue weighted by Gasteiger charge is -2.04. The van der Waals surface area contributed by atoms with Crippen LogP contribution in [-0.4, -0.2) is 10.2 Å². The maximum Gasteiger partial charge on any atom is 0.150 e. The Morgan fingerprint density at radius 2 is 2.18 bits per heavy atom. The van der Waals surface area contributed by atoms with Gasteiger partial charge in [0.05, 0.1) is 11.6 Å². The Bertz CT molecular complexity index is 670. The van der Waals surface area contributed by atoms with Gasteiger partial charge in [0.15, 0.2) is 0 Å². The zero-order valence-corrected chi connectivity index (χ0v) is 10.6. The predicted octanol–water partition coefficient (Wildman–Crippen LogP) is 3.64. The Labute approximate surface area is 109 Å². The molecule has 1 aromatic carbocycles. The zero-order chi connectivity index (χ0) is 12.4. The Morgan fingerprint density at radius 3 is 2.88 bits per heavy atom. The summed E-state index contributed by atoms with van der Waals surface area (Å²) in [6.07, 6.45) is 0. The summed E-state index contributed by atoms with van der Waals surface area (Å²) in [4.78, 5) is 0. The standard InChI is InChI=1S/C12H8ClN3S/c1-7-2-3-8(4-9(7)6-14)10-5-11(13)15-16-12(10)17/h2-5H,1H3,(H,16,17). The molecule has 0 bridgehead atoms. The number of aromatic nitrogens is 2. The molecular formula is C12H8ClN3S. The Kier molecular flexibility index (Phi) is 3.23. The lowest BCUT2D eigenvalue weighted by atomic mass is 10.0. The summed E-state index contributed by atoms with van der Waals surface area (Å²) in [5.74, 6) is 0. The number of hydrogen-bond donors (Lipinski definition) is 1. The predicted molar refractivity (Wildman–Crippen MR) is 69.3 cm³/mol. The average Bonchev–Trinajstić information content (AvgIpc) is 2.33. The van der Waals surface area contributed by atoms with E-state index in [4.69, 9.17) is 29.1 Å². The quantitative estimate of drug-likeness (QED) is 0.798. The van der Waals surface area contributed by atoms with Crippen LogP contribution in [0.2, 0.25) is 5.15 Å².